The largest absolute Gasteiger partial charge is 0.352 e. The molecule has 3 heteroatoms. The molecule has 2 rings (SSSR count). The van der Waals surface area contributed by atoms with Crippen molar-refractivity contribution in [2.45, 2.75) is 45.1 Å². The van der Waals surface area contributed by atoms with E-state index in [-0.39, 0.29) is 11.9 Å². The molecule has 3 nitrogen and oxygen atoms in total. The van der Waals surface area contributed by atoms with Crippen molar-refractivity contribution in [3.05, 3.63) is 0 Å². The van der Waals surface area contributed by atoms with Crippen molar-refractivity contribution < 1.29 is 4.79 Å². The van der Waals surface area contributed by atoms with E-state index in [4.69, 9.17) is 5.73 Å². The van der Waals surface area contributed by atoms with E-state index in [2.05, 4.69) is 12.2 Å². The highest BCUT2D eigenvalue weighted by molar-refractivity contribution is 5.82. The van der Waals surface area contributed by atoms with Gasteiger partial charge in [-0.1, -0.05) is 19.8 Å². The Morgan fingerprint density at radius 3 is 2.47 bits per heavy atom. The third-order valence-corrected chi connectivity index (χ3v) is 4.08. The predicted molar refractivity (Wildman–Crippen MR) is 60.2 cm³/mol. The van der Waals surface area contributed by atoms with E-state index in [0.29, 0.717) is 24.3 Å². The molecular formula is C12H22N2O. The van der Waals surface area contributed by atoms with Crippen LogP contribution in [0.25, 0.3) is 0 Å². The van der Waals surface area contributed by atoms with Gasteiger partial charge in [0.05, 0.1) is 0 Å². The summed E-state index contributed by atoms with van der Waals surface area (Å²) in [7, 11) is 0. The Balaban J connectivity index is 1.82. The van der Waals surface area contributed by atoms with Gasteiger partial charge < -0.3 is 11.1 Å². The average molecular weight is 210 g/mol. The molecule has 3 unspecified atom stereocenters. The maximum atomic E-state index is 11.9. The average Bonchev–Trinajstić information content (AvgIpc) is 2.99. The number of hydrogen-bond acceptors (Lipinski definition) is 2. The number of nitrogens with two attached hydrogens (primary N) is 1. The normalized spacial score (nSPS) is 35.5. The van der Waals surface area contributed by atoms with Crippen molar-refractivity contribution >= 4 is 5.91 Å². The van der Waals surface area contributed by atoms with Gasteiger partial charge in [-0.15, -0.1) is 0 Å². The van der Waals surface area contributed by atoms with Crippen molar-refractivity contribution in [1.82, 2.24) is 5.32 Å². The molecule has 0 aromatic heterocycles. The zero-order chi connectivity index (χ0) is 10.8. The molecule has 86 valence electrons. The van der Waals surface area contributed by atoms with Gasteiger partial charge in [-0.05, 0) is 31.1 Å². The summed E-state index contributed by atoms with van der Waals surface area (Å²) < 4.78 is 0. The molecule has 0 radical (unpaired) electrons. The number of carbonyl (C=O) groups is 1. The summed E-state index contributed by atoms with van der Waals surface area (Å²) >= 11 is 0. The van der Waals surface area contributed by atoms with Crippen molar-refractivity contribution in [2.75, 3.05) is 6.54 Å². The Morgan fingerprint density at radius 1 is 1.40 bits per heavy atom. The Bertz CT molecular complexity index is 226. The fourth-order valence-electron chi connectivity index (χ4n) is 3.01. The van der Waals surface area contributed by atoms with Gasteiger partial charge in [0.15, 0.2) is 0 Å². The maximum Gasteiger partial charge on any atom is 0.223 e. The van der Waals surface area contributed by atoms with E-state index in [1.165, 1.54) is 25.7 Å². The molecule has 1 amide bonds. The molecule has 0 saturated heterocycles. The standard InChI is InChI=1S/C12H22N2O/c1-2-8(7-13)14-12(15)11-9-5-3-4-6-10(9)11/h8-11H,2-7,13H2,1H3,(H,14,15). The van der Waals surface area contributed by atoms with E-state index in [1.807, 2.05) is 0 Å². The van der Waals surface area contributed by atoms with Crippen LogP contribution < -0.4 is 11.1 Å². The fourth-order valence-corrected chi connectivity index (χ4v) is 3.01. The number of hydrogen-bond donors (Lipinski definition) is 2. The number of nitrogens with one attached hydrogen (secondary N) is 1. The molecule has 0 aromatic rings. The van der Waals surface area contributed by atoms with Gasteiger partial charge in [-0.25, -0.2) is 0 Å². The topological polar surface area (TPSA) is 55.1 Å². The number of carbonyl (C=O) groups excluding carboxylic acids is 1. The SMILES string of the molecule is CCC(CN)NC(=O)C1C2CCCCC21. The second-order valence-corrected chi connectivity index (χ2v) is 4.99. The van der Waals surface area contributed by atoms with Gasteiger partial charge in [-0.2, -0.15) is 0 Å². The van der Waals surface area contributed by atoms with Gasteiger partial charge in [0.25, 0.3) is 0 Å². The Morgan fingerprint density at radius 2 is 2.00 bits per heavy atom. The highest BCUT2D eigenvalue weighted by Crippen LogP contribution is 2.55. The third-order valence-electron chi connectivity index (χ3n) is 4.08. The smallest absolute Gasteiger partial charge is 0.223 e. The summed E-state index contributed by atoms with van der Waals surface area (Å²) in [5.41, 5.74) is 5.58. The number of rotatable bonds is 4. The van der Waals surface area contributed by atoms with Gasteiger partial charge in [-0.3, -0.25) is 4.79 Å². The van der Waals surface area contributed by atoms with Crippen LogP contribution in [0.1, 0.15) is 39.0 Å². The summed E-state index contributed by atoms with van der Waals surface area (Å²) in [5.74, 6) is 2.00. The minimum Gasteiger partial charge on any atom is -0.352 e. The molecule has 0 bridgehead atoms. The molecular weight excluding hydrogens is 188 g/mol. The highest BCUT2D eigenvalue weighted by atomic mass is 16.2. The van der Waals surface area contributed by atoms with Gasteiger partial charge in [0.1, 0.15) is 0 Å². The minimum absolute atomic E-state index is 0.181. The molecule has 3 atom stereocenters. The lowest BCUT2D eigenvalue weighted by molar-refractivity contribution is -0.123. The molecule has 2 aliphatic rings. The van der Waals surface area contributed by atoms with Gasteiger partial charge in [0, 0.05) is 18.5 Å². The number of fused-ring (bicyclic) bond motifs is 1. The zero-order valence-electron chi connectivity index (χ0n) is 9.54. The quantitative estimate of drug-likeness (QED) is 0.734. The van der Waals surface area contributed by atoms with E-state index in [1.54, 1.807) is 0 Å². The predicted octanol–water partition coefficient (Wildman–Crippen LogP) is 1.28. The monoisotopic (exact) mass is 210 g/mol. The van der Waals surface area contributed by atoms with E-state index in [9.17, 15) is 4.79 Å². The molecule has 0 aromatic carbocycles. The first-order valence-electron chi connectivity index (χ1n) is 6.28. The van der Waals surface area contributed by atoms with Crippen LogP contribution in [0.2, 0.25) is 0 Å². The van der Waals surface area contributed by atoms with Crippen LogP contribution in [0, 0.1) is 17.8 Å². The second kappa shape index (κ2) is 4.52. The van der Waals surface area contributed by atoms with Crippen LogP contribution >= 0.6 is 0 Å². The van der Waals surface area contributed by atoms with Crippen LogP contribution in [0.5, 0.6) is 0 Å². The van der Waals surface area contributed by atoms with Crippen LogP contribution in [-0.4, -0.2) is 18.5 Å². The van der Waals surface area contributed by atoms with Crippen LogP contribution in [0.3, 0.4) is 0 Å². The highest BCUT2D eigenvalue weighted by Gasteiger charge is 2.54. The maximum absolute atomic E-state index is 11.9. The Hall–Kier alpha value is -0.570. The summed E-state index contributed by atoms with van der Waals surface area (Å²) in [6, 6.07) is 0.181. The van der Waals surface area contributed by atoms with Crippen LogP contribution in [0.4, 0.5) is 0 Å². The molecule has 15 heavy (non-hydrogen) atoms. The molecule has 2 aliphatic carbocycles. The number of amides is 1. The summed E-state index contributed by atoms with van der Waals surface area (Å²) in [4.78, 5) is 11.9. The summed E-state index contributed by atoms with van der Waals surface area (Å²) in [5, 5.41) is 3.07. The third kappa shape index (κ3) is 2.17. The minimum atomic E-state index is 0.181. The second-order valence-electron chi connectivity index (χ2n) is 4.99. The molecule has 3 N–H and O–H groups in total. The Labute approximate surface area is 91.8 Å². The summed E-state index contributed by atoms with van der Waals surface area (Å²) in [6.07, 6.45) is 6.10. The van der Waals surface area contributed by atoms with Gasteiger partial charge in [0.2, 0.25) is 5.91 Å². The molecule has 0 aliphatic heterocycles. The fraction of sp³-hybridized carbons (Fsp3) is 0.917. The lowest BCUT2D eigenvalue weighted by Gasteiger charge is -2.14. The molecule has 0 spiro atoms. The zero-order valence-corrected chi connectivity index (χ0v) is 9.54. The summed E-state index contributed by atoms with van der Waals surface area (Å²) in [6.45, 7) is 2.63. The van der Waals surface area contributed by atoms with Crippen molar-refractivity contribution in [3.63, 3.8) is 0 Å². The van der Waals surface area contributed by atoms with Crippen molar-refractivity contribution in [3.8, 4) is 0 Å². The van der Waals surface area contributed by atoms with Gasteiger partial charge >= 0.3 is 0 Å². The lowest BCUT2D eigenvalue weighted by atomic mass is 10.0. The lowest BCUT2D eigenvalue weighted by Crippen LogP contribution is -2.40. The molecule has 0 heterocycles. The molecule has 2 saturated carbocycles. The first kappa shape index (κ1) is 10.9. The first-order chi connectivity index (χ1) is 7.27. The van der Waals surface area contributed by atoms with E-state index < -0.39 is 0 Å². The van der Waals surface area contributed by atoms with Crippen molar-refractivity contribution in [1.29, 1.82) is 0 Å². The Kier molecular flexibility index (Phi) is 3.29. The van der Waals surface area contributed by atoms with E-state index in [0.717, 1.165) is 6.42 Å². The van der Waals surface area contributed by atoms with Crippen LogP contribution in [0.15, 0.2) is 0 Å². The molecule has 2 fully saturated rings. The van der Waals surface area contributed by atoms with Crippen LogP contribution in [-0.2, 0) is 4.79 Å². The van der Waals surface area contributed by atoms with E-state index >= 15 is 0 Å². The first-order valence-corrected chi connectivity index (χ1v) is 6.28. The van der Waals surface area contributed by atoms with Crippen molar-refractivity contribution in [2.24, 2.45) is 23.5 Å².